The summed E-state index contributed by atoms with van der Waals surface area (Å²) in [6.07, 6.45) is -3.90. The predicted octanol–water partition coefficient (Wildman–Crippen LogP) is -1.90. The number of carbonyl (C=O) groups is 6. The molecule has 0 amide bonds. The van der Waals surface area contributed by atoms with Crippen molar-refractivity contribution in [3.8, 4) is 0 Å². The van der Waals surface area contributed by atoms with Crippen LogP contribution in [0.15, 0.2) is 0 Å². The number of carboxylic acids is 4. The van der Waals surface area contributed by atoms with Gasteiger partial charge in [0.2, 0.25) is 0 Å². The fourth-order valence-electron chi connectivity index (χ4n) is 1.46. The van der Waals surface area contributed by atoms with Crippen LogP contribution in [-0.2, 0) is 75.9 Å². The summed E-state index contributed by atoms with van der Waals surface area (Å²) in [7, 11) is 0. The average molecular weight is 640 g/mol. The van der Waals surface area contributed by atoms with Crippen molar-refractivity contribution in [3.05, 3.63) is 0 Å². The molecule has 0 saturated heterocycles. The van der Waals surface area contributed by atoms with Gasteiger partial charge in [0.15, 0.2) is 0 Å². The first kappa shape index (κ1) is 33.5. The minimum atomic E-state index is -2.61. The van der Waals surface area contributed by atoms with Crippen LogP contribution < -0.4 is 0 Å². The van der Waals surface area contributed by atoms with Crippen LogP contribution >= 0.6 is 23.3 Å². The molecule has 0 aromatic heterocycles. The van der Waals surface area contributed by atoms with Crippen LogP contribution in [0.5, 0.6) is 0 Å². The van der Waals surface area contributed by atoms with Gasteiger partial charge in [0.05, 0.1) is 0 Å². The Morgan fingerprint density at radius 3 is 1.00 bits per heavy atom. The molecule has 14 nitrogen and oxygen atoms in total. The van der Waals surface area contributed by atoms with Crippen LogP contribution in [0.25, 0.3) is 0 Å². The van der Waals surface area contributed by atoms with Crippen LogP contribution in [0.2, 0.25) is 0 Å². The van der Waals surface area contributed by atoms with Gasteiger partial charge in [0.1, 0.15) is 0 Å². The van der Waals surface area contributed by atoms with Crippen molar-refractivity contribution >= 4 is 59.1 Å². The van der Waals surface area contributed by atoms with E-state index in [1.54, 1.807) is 0 Å². The molecule has 0 bridgehead atoms. The van der Waals surface area contributed by atoms with Gasteiger partial charge in [-0.2, -0.15) is 0 Å². The fourth-order valence-corrected chi connectivity index (χ4v) is 1.75. The Kier molecular flexibility index (Phi) is 18.4. The van der Waals surface area contributed by atoms with Gasteiger partial charge in [-0.3, -0.25) is 0 Å². The zero-order valence-corrected chi connectivity index (χ0v) is 20.3. The van der Waals surface area contributed by atoms with E-state index in [-0.39, 0.29) is 0 Å². The van der Waals surface area contributed by atoms with Crippen LogP contribution in [0.1, 0.15) is 25.7 Å². The monoisotopic (exact) mass is 644 g/mol. The van der Waals surface area contributed by atoms with Gasteiger partial charge in [0, 0.05) is 0 Å². The maximum absolute atomic E-state index is 10.7. The molecule has 0 aliphatic carbocycles. The van der Waals surface area contributed by atoms with Gasteiger partial charge < -0.3 is 0 Å². The number of carboxylic acid groups (broad SMARTS) is 4. The maximum Gasteiger partial charge on any atom is -0.115 e. The molecule has 0 spiro atoms. The summed E-state index contributed by atoms with van der Waals surface area (Å²) >= 11 is 8.32. The standard InChI is InChI=1S/2C6H8O7.2Mo.H2S2/c2*7-3(8)1-6(13,5(11)12)2-4(9)10;;;1-2/h2*13H,1-2H2,(H,7,8)(H,9,10)(H,11,12);;;1-2H/q;;2*+1;/p-2. The summed E-state index contributed by atoms with van der Waals surface area (Å²) in [5, 5.41) is 52.2. The van der Waals surface area contributed by atoms with Crippen molar-refractivity contribution in [3.63, 3.8) is 0 Å². The van der Waals surface area contributed by atoms with Crippen LogP contribution in [-0.4, -0.2) is 77.7 Å². The summed E-state index contributed by atoms with van der Waals surface area (Å²) in [5.41, 5.74) is -5.22. The Hall–Kier alpha value is -1.18. The molecule has 30 heavy (non-hydrogen) atoms. The van der Waals surface area contributed by atoms with E-state index in [1.165, 1.54) is 0 Å². The van der Waals surface area contributed by atoms with Crippen molar-refractivity contribution in [2.75, 3.05) is 0 Å². The molecule has 2 unspecified atom stereocenters. The van der Waals surface area contributed by atoms with Crippen molar-refractivity contribution in [1.29, 1.82) is 0 Å². The largest absolute Gasteiger partial charge is 0.115 e. The maximum atomic E-state index is 10.7. The van der Waals surface area contributed by atoms with E-state index in [1.807, 2.05) is 0 Å². The second-order valence-electron chi connectivity index (χ2n) is 5.08. The quantitative estimate of drug-likeness (QED) is 0.0740. The predicted molar refractivity (Wildman–Crippen MR) is 89.1 cm³/mol. The molecule has 0 rings (SSSR count). The molecule has 0 aliphatic rings. The minimum Gasteiger partial charge on any atom is -0.115 e. The Balaban J connectivity index is -0.000000448. The number of aliphatic carboxylic acids is 4. The average Bonchev–Trinajstić information content (AvgIpc) is 2.61. The Bertz CT molecular complexity index is 590. The van der Waals surface area contributed by atoms with Crippen molar-refractivity contribution in [2.24, 2.45) is 0 Å². The van der Waals surface area contributed by atoms with Crippen molar-refractivity contribution in [2.45, 2.75) is 36.9 Å². The first-order valence-electron chi connectivity index (χ1n) is 6.84. The van der Waals surface area contributed by atoms with Crippen LogP contribution in [0.4, 0.5) is 0 Å². The molecule has 0 aliphatic heterocycles. The number of carbonyl (C=O) groups excluding carboxylic acids is 2. The minimum absolute atomic E-state index is 0.895. The molecule has 0 aromatic rings. The summed E-state index contributed by atoms with van der Waals surface area (Å²) in [6.45, 7) is 0. The molecule has 0 fully saturated rings. The van der Waals surface area contributed by atoms with Gasteiger partial charge >= 0.3 is 179 Å². The molecule has 0 saturated carbocycles. The third kappa shape index (κ3) is 14.7. The van der Waals surface area contributed by atoms with Crippen molar-refractivity contribution in [1.82, 2.24) is 0 Å². The number of thiol groups is 2. The molecule has 18 heteroatoms. The zero-order valence-electron chi connectivity index (χ0n) is 14.5. The molecular formula is C12H16Mo2O14S2. The van der Waals surface area contributed by atoms with E-state index in [2.05, 4.69) is 30.1 Å². The van der Waals surface area contributed by atoms with Gasteiger partial charge in [-0.25, -0.2) is 0 Å². The molecule has 172 valence electrons. The van der Waals surface area contributed by atoms with Crippen molar-refractivity contribution < 1.29 is 107 Å². The third-order valence-electron chi connectivity index (χ3n) is 2.74. The first-order chi connectivity index (χ1) is 13.6. The molecule has 0 aromatic carbocycles. The topological polar surface area (TPSA) is 242 Å². The molecule has 0 heterocycles. The molecule has 2 atom stereocenters. The van der Waals surface area contributed by atoms with Gasteiger partial charge in [-0.15, -0.1) is 23.3 Å². The van der Waals surface area contributed by atoms with Gasteiger partial charge in [-0.05, 0) is 0 Å². The number of hydrogen-bond acceptors (Lipinski definition) is 12. The van der Waals surface area contributed by atoms with E-state index in [4.69, 9.17) is 20.4 Å². The molecule has 0 radical (unpaired) electrons. The summed E-state index contributed by atoms with van der Waals surface area (Å²) in [5.74, 6) is -8.54. The number of hydrogen-bond donors (Lipinski definition) is 8. The summed E-state index contributed by atoms with van der Waals surface area (Å²) < 4.78 is 8.26. The SMILES string of the molecule is O=C(O)CC(O)(CC(=O)[O][Mo])C(=O)O.O=C(O)CC(O)(CC(=O)[O][Mo])C(=O)O.SS. The Morgan fingerprint density at radius 2 is 0.867 bits per heavy atom. The number of rotatable bonds is 10. The van der Waals surface area contributed by atoms with Crippen LogP contribution in [0.3, 0.4) is 0 Å². The number of aliphatic hydroxyl groups is 2. The van der Waals surface area contributed by atoms with Gasteiger partial charge in [0.25, 0.3) is 0 Å². The smallest absolute Gasteiger partial charge is 0.115 e. The van der Waals surface area contributed by atoms with E-state index in [0.717, 1.165) is 40.4 Å². The van der Waals surface area contributed by atoms with E-state index >= 15 is 0 Å². The second kappa shape index (κ2) is 16.5. The van der Waals surface area contributed by atoms with Crippen LogP contribution in [0, 0.1) is 0 Å². The molecule has 6 N–H and O–H groups in total. The Morgan fingerprint density at radius 1 is 0.633 bits per heavy atom. The van der Waals surface area contributed by atoms with Gasteiger partial charge in [-0.1, -0.05) is 0 Å². The van der Waals surface area contributed by atoms with E-state index in [9.17, 15) is 39.0 Å². The molecular weight excluding hydrogens is 624 g/mol. The summed E-state index contributed by atoms with van der Waals surface area (Å²) in [4.78, 5) is 62.8. The van der Waals surface area contributed by atoms with E-state index < -0.39 is 72.7 Å². The van der Waals surface area contributed by atoms with E-state index in [0.29, 0.717) is 0 Å². The summed E-state index contributed by atoms with van der Waals surface area (Å²) in [6, 6.07) is 0. The first-order valence-corrected chi connectivity index (χ1v) is 10.1. The zero-order chi connectivity index (χ0) is 24.7. The third-order valence-corrected chi connectivity index (χ3v) is 3.66. The fraction of sp³-hybridized carbons (Fsp3) is 0.500. The second-order valence-corrected chi connectivity index (χ2v) is 5.90. The Labute approximate surface area is 201 Å². The normalized spacial score (nSPS) is 13.3.